The third kappa shape index (κ3) is 11.8. The average molecular weight is 737 g/mol. The number of hydrogen-bond acceptors (Lipinski definition) is 10. The Hall–Kier alpha value is -3.01. The Labute approximate surface area is 299 Å². The molecule has 3 rings (SSSR count). The molecule has 0 unspecified atom stereocenters. The van der Waals surface area contributed by atoms with Gasteiger partial charge in [-0.25, -0.2) is 9.59 Å². The van der Waals surface area contributed by atoms with Gasteiger partial charge in [-0.1, -0.05) is 81.4 Å². The van der Waals surface area contributed by atoms with Crippen LogP contribution in [-0.4, -0.2) is 89.7 Å². The molecule has 2 N–H and O–H groups in total. The molecule has 0 aromatic heterocycles. The third-order valence-electron chi connectivity index (χ3n) is 7.67. The monoisotopic (exact) mass is 736 g/mol. The van der Waals surface area contributed by atoms with Crippen LogP contribution in [0.15, 0.2) is 60.7 Å². The number of carbonyl (C=O) groups is 2. The predicted octanol–water partition coefficient (Wildman–Crippen LogP) is 4.85. The lowest BCUT2D eigenvalue weighted by Crippen LogP contribution is -2.68. The predicted molar refractivity (Wildman–Crippen MR) is 195 cm³/mol. The molecule has 4 atom stereocenters. The summed E-state index contributed by atoms with van der Waals surface area (Å²) in [4.78, 5) is 26.1. The molecule has 1 aliphatic rings. The molecule has 0 spiro atoms. The Morgan fingerprint density at radius 1 is 0.800 bits per heavy atom. The van der Waals surface area contributed by atoms with Crippen LogP contribution in [0, 0.1) is 0 Å². The summed E-state index contributed by atoms with van der Waals surface area (Å²) in [5.41, 5.74) is -1.62. The van der Waals surface area contributed by atoms with Crippen molar-refractivity contribution in [1.29, 1.82) is 0 Å². The van der Waals surface area contributed by atoms with Gasteiger partial charge < -0.3 is 34.0 Å². The van der Waals surface area contributed by atoms with Gasteiger partial charge >= 0.3 is 12.2 Å². The topological polar surface area (TPSA) is 148 Å². The molecule has 50 heavy (non-hydrogen) atoms. The molecule has 1 aliphatic heterocycles. The summed E-state index contributed by atoms with van der Waals surface area (Å²) in [6, 6.07) is 19.1. The molecule has 14 heteroatoms. The van der Waals surface area contributed by atoms with Crippen molar-refractivity contribution >= 4 is 41.0 Å². The molecule has 2 aromatic carbocycles. The van der Waals surface area contributed by atoms with Crippen molar-refractivity contribution in [2.45, 2.75) is 123 Å². The molecule has 2 aromatic rings. The van der Waals surface area contributed by atoms with Crippen molar-refractivity contribution in [2.75, 3.05) is 19.4 Å². The van der Waals surface area contributed by atoms with Gasteiger partial charge in [-0.05, 0) is 70.8 Å². The molecule has 280 valence electrons. The summed E-state index contributed by atoms with van der Waals surface area (Å²) >= 11 is 0. The highest BCUT2D eigenvalue weighted by Crippen LogP contribution is 2.38. The fourth-order valence-electron chi connectivity index (χ4n) is 6.00. The van der Waals surface area contributed by atoms with E-state index >= 15 is 0 Å². The van der Waals surface area contributed by atoms with Gasteiger partial charge in [0.15, 0.2) is 5.79 Å². The number of ether oxygens (including phenoxy) is 4. The van der Waals surface area contributed by atoms with E-state index in [1.807, 2.05) is 36.4 Å². The number of nitrogens with one attached hydrogen (secondary N) is 2. The van der Waals surface area contributed by atoms with Crippen LogP contribution in [0.3, 0.4) is 0 Å². The van der Waals surface area contributed by atoms with Crippen LogP contribution in [0.5, 0.6) is 0 Å². The van der Waals surface area contributed by atoms with Gasteiger partial charge in [0, 0.05) is 0 Å². The molecule has 12 nitrogen and oxygen atoms in total. The minimum absolute atomic E-state index is 0.0712. The number of amides is 2. The van der Waals surface area contributed by atoms with E-state index in [4.69, 9.17) is 27.6 Å². The van der Waals surface area contributed by atoms with Crippen molar-refractivity contribution < 1.29 is 45.6 Å². The van der Waals surface area contributed by atoms with Crippen LogP contribution in [0.1, 0.15) is 76.2 Å². The number of benzene rings is 2. The summed E-state index contributed by atoms with van der Waals surface area (Å²) in [5, 5.41) is 7.19. The largest absolute Gasteiger partial charge is 0.444 e. The number of alkyl carbamates (subject to hydrolysis) is 2. The van der Waals surface area contributed by atoms with E-state index in [0.29, 0.717) is 0 Å². The fraction of sp³-hybridized carbons (Fsp3) is 0.611. The highest BCUT2D eigenvalue weighted by atomic mass is 32.2. The number of hydrogen-bond donors (Lipinski definition) is 2. The molecule has 0 radical (unpaired) electrons. The normalized spacial score (nSPS) is 19.7. The van der Waals surface area contributed by atoms with Crippen LogP contribution < -0.4 is 21.0 Å². The van der Waals surface area contributed by atoms with E-state index in [1.54, 1.807) is 55.4 Å². The summed E-state index contributed by atoms with van der Waals surface area (Å²) in [6.07, 6.45) is -4.01. The molecular weight excluding hydrogens is 681 g/mol. The van der Waals surface area contributed by atoms with Gasteiger partial charge in [-0.2, -0.15) is 8.42 Å². The second-order valence-electron chi connectivity index (χ2n) is 16.0. The zero-order chi connectivity index (χ0) is 37.8. The van der Waals surface area contributed by atoms with E-state index in [2.05, 4.69) is 55.7 Å². The molecule has 1 fully saturated rings. The SMILES string of the molecule is CC(C)(C)OC(=O)NC[C@H](OS(C)(=O)=O)[C@H]1OC(C)(C)O[C@@H]1[C@H](CO[Si](c1ccccc1)(c1ccccc1)C(C)(C)C)NC(=O)OC(C)(C)C. The fourth-order valence-corrected chi connectivity index (χ4v) is 11.2. The third-order valence-corrected chi connectivity index (χ3v) is 13.3. The zero-order valence-electron chi connectivity index (χ0n) is 31.5. The molecule has 0 bridgehead atoms. The summed E-state index contributed by atoms with van der Waals surface area (Å²) < 4.78 is 61.6. The van der Waals surface area contributed by atoms with E-state index in [-0.39, 0.29) is 13.2 Å². The van der Waals surface area contributed by atoms with Gasteiger partial charge in [-0.15, -0.1) is 0 Å². The van der Waals surface area contributed by atoms with Crippen LogP contribution in [0.25, 0.3) is 0 Å². The lowest BCUT2D eigenvalue weighted by atomic mass is 10.0. The van der Waals surface area contributed by atoms with Crippen molar-refractivity contribution in [3.05, 3.63) is 60.7 Å². The van der Waals surface area contributed by atoms with Gasteiger partial charge in [0.2, 0.25) is 0 Å². The van der Waals surface area contributed by atoms with E-state index in [1.165, 1.54) is 0 Å². The highest BCUT2D eigenvalue weighted by Gasteiger charge is 2.54. The Bertz CT molecular complexity index is 1490. The lowest BCUT2D eigenvalue weighted by Gasteiger charge is -2.44. The summed E-state index contributed by atoms with van der Waals surface area (Å²) in [7, 11) is -7.19. The quantitative estimate of drug-likeness (QED) is 0.229. The van der Waals surface area contributed by atoms with E-state index in [9.17, 15) is 18.0 Å². The summed E-state index contributed by atoms with van der Waals surface area (Å²) in [6.45, 7) is 19.7. The Kier molecular flexibility index (Phi) is 13.0. The minimum atomic E-state index is -4.07. The Morgan fingerprint density at radius 3 is 1.70 bits per heavy atom. The first-order valence-electron chi connectivity index (χ1n) is 16.8. The molecule has 2 amide bonds. The van der Waals surface area contributed by atoms with Gasteiger partial charge in [0.05, 0.1) is 25.4 Å². The van der Waals surface area contributed by atoms with Gasteiger partial charge in [0.25, 0.3) is 18.4 Å². The van der Waals surface area contributed by atoms with E-state index in [0.717, 1.165) is 16.6 Å². The van der Waals surface area contributed by atoms with Crippen molar-refractivity contribution in [2.24, 2.45) is 0 Å². The first-order valence-corrected chi connectivity index (χ1v) is 20.5. The highest BCUT2D eigenvalue weighted by molar-refractivity contribution is 7.86. The first kappa shape index (κ1) is 41.4. The van der Waals surface area contributed by atoms with E-state index < -0.39 is 77.0 Å². The Balaban J connectivity index is 2.12. The molecule has 1 saturated heterocycles. The molecule has 0 aliphatic carbocycles. The maximum Gasteiger partial charge on any atom is 0.408 e. The van der Waals surface area contributed by atoms with Crippen molar-refractivity contribution in [3.8, 4) is 0 Å². The maximum absolute atomic E-state index is 13.4. The van der Waals surface area contributed by atoms with Crippen LogP contribution in [-0.2, 0) is 37.7 Å². The van der Waals surface area contributed by atoms with Crippen molar-refractivity contribution in [1.82, 2.24) is 10.6 Å². The average Bonchev–Trinajstić information content (AvgIpc) is 3.28. The van der Waals surface area contributed by atoms with Gasteiger partial charge in [0.1, 0.15) is 29.5 Å². The standard InChI is InChI=1S/C36H56N2O10SSi/c1-33(2,3)46-31(39)37-23-28(48-49(12,41)42)30-29(44-36(10,11)45-30)27(38-32(40)47-34(4,5)6)24-43-50(35(7,8)9,25-19-15-13-16-20-25)26-21-17-14-18-22-26/h13-22,27-30H,23-24H2,1-12H3,(H,37,39)(H,38,40)/t27-,28-,29+,30+/m0/s1. The second kappa shape index (κ2) is 15.7. The van der Waals surface area contributed by atoms with Gasteiger partial charge in [-0.3, -0.25) is 4.18 Å². The molecular formula is C36H56N2O10SSi. The Morgan fingerprint density at radius 2 is 1.26 bits per heavy atom. The van der Waals surface area contributed by atoms with Crippen molar-refractivity contribution in [3.63, 3.8) is 0 Å². The second-order valence-corrected chi connectivity index (χ2v) is 21.9. The van der Waals surface area contributed by atoms with Crippen LogP contribution in [0.2, 0.25) is 5.04 Å². The number of rotatable bonds is 12. The zero-order valence-corrected chi connectivity index (χ0v) is 33.3. The molecule has 0 saturated carbocycles. The smallest absolute Gasteiger partial charge is 0.408 e. The minimum Gasteiger partial charge on any atom is -0.444 e. The maximum atomic E-state index is 13.4. The van der Waals surface area contributed by atoms with Crippen LogP contribution in [0.4, 0.5) is 9.59 Å². The summed E-state index contributed by atoms with van der Waals surface area (Å²) in [5.74, 6) is -1.24. The van der Waals surface area contributed by atoms with Crippen LogP contribution >= 0.6 is 0 Å². The first-order chi connectivity index (χ1) is 22.8. The lowest BCUT2D eigenvalue weighted by molar-refractivity contribution is -0.155. The number of carbonyl (C=O) groups excluding carboxylic acids is 2. The molecule has 1 heterocycles.